The largest absolute Gasteiger partial charge is 0.353 e. The summed E-state index contributed by atoms with van der Waals surface area (Å²) in [6.45, 7) is 5.46. The van der Waals surface area contributed by atoms with E-state index in [4.69, 9.17) is 11.6 Å². The first-order valence-corrected chi connectivity index (χ1v) is 9.44. The van der Waals surface area contributed by atoms with Gasteiger partial charge in [0.15, 0.2) is 0 Å². The summed E-state index contributed by atoms with van der Waals surface area (Å²) in [5.74, 6) is 0.440. The minimum Gasteiger partial charge on any atom is -0.353 e. The molecule has 0 spiro atoms. The van der Waals surface area contributed by atoms with Crippen LogP contribution in [0, 0.1) is 12.8 Å². The Morgan fingerprint density at radius 1 is 1.20 bits per heavy atom. The molecule has 1 aliphatic carbocycles. The van der Waals surface area contributed by atoms with E-state index in [0.717, 1.165) is 50.0 Å². The van der Waals surface area contributed by atoms with Crippen LogP contribution in [0.25, 0.3) is 0 Å². The summed E-state index contributed by atoms with van der Waals surface area (Å²) in [5.41, 5.74) is 1.64. The quantitative estimate of drug-likeness (QED) is 0.845. The molecule has 0 radical (unpaired) electrons. The molecule has 1 aliphatic heterocycles. The fourth-order valence-corrected chi connectivity index (χ4v) is 3.42. The van der Waals surface area contributed by atoms with Crippen molar-refractivity contribution >= 4 is 29.1 Å². The molecule has 0 aromatic heterocycles. The van der Waals surface area contributed by atoms with Crippen molar-refractivity contribution in [3.05, 3.63) is 28.8 Å². The van der Waals surface area contributed by atoms with Gasteiger partial charge in [-0.1, -0.05) is 17.7 Å². The molecule has 2 aliphatic rings. The van der Waals surface area contributed by atoms with Gasteiger partial charge in [-0.2, -0.15) is 0 Å². The van der Waals surface area contributed by atoms with Gasteiger partial charge in [0.1, 0.15) is 0 Å². The molecule has 2 amide bonds. The van der Waals surface area contributed by atoms with Crippen LogP contribution in [0.4, 0.5) is 5.69 Å². The summed E-state index contributed by atoms with van der Waals surface area (Å²) >= 11 is 6.11. The predicted octanol–water partition coefficient (Wildman–Crippen LogP) is 2.97. The van der Waals surface area contributed by atoms with Crippen molar-refractivity contribution in [1.82, 2.24) is 10.2 Å². The molecule has 2 N–H and O–H groups in total. The maximum Gasteiger partial charge on any atom is 0.241 e. The fraction of sp³-hybridized carbons (Fsp3) is 0.579. The van der Waals surface area contributed by atoms with E-state index in [-0.39, 0.29) is 29.8 Å². The van der Waals surface area contributed by atoms with E-state index < -0.39 is 0 Å². The van der Waals surface area contributed by atoms with Crippen LogP contribution in [0.3, 0.4) is 0 Å². The second-order valence-corrected chi connectivity index (χ2v) is 7.58. The lowest BCUT2D eigenvalue weighted by atomic mass is 10.0. The third-order valence-electron chi connectivity index (χ3n) is 5.28. The molecule has 1 aromatic rings. The summed E-state index contributed by atoms with van der Waals surface area (Å²) in [7, 11) is 0. The number of anilines is 1. The number of halogens is 1. The number of benzene rings is 1. The van der Waals surface area contributed by atoms with E-state index in [0.29, 0.717) is 5.02 Å². The Hall–Kier alpha value is -1.59. The highest BCUT2D eigenvalue weighted by molar-refractivity contribution is 6.31. The second kappa shape index (κ2) is 7.75. The number of hydrogen-bond donors (Lipinski definition) is 2. The zero-order chi connectivity index (χ0) is 18.0. The van der Waals surface area contributed by atoms with Gasteiger partial charge in [0, 0.05) is 35.8 Å². The van der Waals surface area contributed by atoms with Crippen LogP contribution in [0.15, 0.2) is 18.2 Å². The zero-order valence-corrected chi connectivity index (χ0v) is 15.6. The standard InChI is InChI=1S/C19H26ClN3O2/c1-12-16(20)4-3-5-17(12)22-18(24)13(2)23-10-8-15(9-11-23)21-19(25)14-6-7-14/h3-5,13-15H,6-11H2,1-2H3,(H,21,25)(H,22,24). The van der Waals surface area contributed by atoms with E-state index in [9.17, 15) is 9.59 Å². The summed E-state index contributed by atoms with van der Waals surface area (Å²) in [4.78, 5) is 26.6. The summed E-state index contributed by atoms with van der Waals surface area (Å²) in [5, 5.41) is 6.77. The van der Waals surface area contributed by atoms with Crippen molar-refractivity contribution in [2.24, 2.45) is 5.92 Å². The number of likely N-dealkylation sites (tertiary alicyclic amines) is 1. The average Bonchev–Trinajstić information content (AvgIpc) is 3.44. The van der Waals surface area contributed by atoms with Crippen LogP contribution >= 0.6 is 11.6 Å². The van der Waals surface area contributed by atoms with Crippen molar-refractivity contribution in [1.29, 1.82) is 0 Å². The number of carbonyl (C=O) groups is 2. The molecule has 0 bridgehead atoms. The highest BCUT2D eigenvalue weighted by Gasteiger charge is 2.33. The maximum atomic E-state index is 12.6. The summed E-state index contributed by atoms with van der Waals surface area (Å²) < 4.78 is 0. The van der Waals surface area contributed by atoms with Crippen LogP contribution in [-0.2, 0) is 9.59 Å². The van der Waals surface area contributed by atoms with Gasteiger partial charge >= 0.3 is 0 Å². The molecule has 6 heteroatoms. The van der Waals surface area contributed by atoms with Crippen molar-refractivity contribution in [2.45, 2.75) is 51.6 Å². The number of rotatable bonds is 5. The first-order chi connectivity index (χ1) is 12.0. The van der Waals surface area contributed by atoms with Crippen LogP contribution in [-0.4, -0.2) is 41.9 Å². The molecule has 1 saturated heterocycles. The Morgan fingerprint density at radius 3 is 2.52 bits per heavy atom. The molecule has 2 fully saturated rings. The molecule has 5 nitrogen and oxygen atoms in total. The van der Waals surface area contributed by atoms with Crippen LogP contribution in [0.5, 0.6) is 0 Å². The van der Waals surface area contributed by atoms with Gasteiger partial charge < -0.3 is 10.6 Å². The number of amides is 2. The summed E-state index contributed by atoms with van der Waals surface area (Å²) in [6, 6.07) is 5.56. The summed E-state index contributed by atoms with van der Waals surface area (Å²) in [6.07, 6.45) is 3.86. The Labute approximate surface area is 154 Å². The van der Waals surface area contributed by atoms with Gasteiger partial charge in [-0.05, 0) is 57.2 Å². The van der Waals surface area contributed by atoms with Gasteiger partial charge in [0.25, 0.3) is 0 Å². The van der Waals surface area contributed by atoms with Gasteiger partial charge in [-0.25, -0.2) is 0 Å². The Morgan fingerprint density at radius 2 is 1.88 bits per heavy atom. The first-order valence-electron chi connectivity index (χ1n) is 9.06. The molecule has 1 unspecified atom stereocenters. The third kappa shape index (κ3) is 4.53. The maximum absolute atomic E-state index is 12.6. The highest BCUT2D eigenvalue weighted by Crippen LogP contribution is 2.29. The van der Waals surface area contributed by atoms with Crippen molar-refractivity contribution < 1.29 is 9.59 Å². The number of piperidine rings is 1. The Balaban J connectivity index is 1.49. The van der Waals surface area contributed by atoms with E-state index in [2.05, 4.69) is 15.5 Å². The van der Waals surface area contributed by atoms with Crippen LogP contribution in [0.1, 0.15) is 38.2 Å². The van der Waals surface area contributed by atoms with Gasteiger partial charge in [0.05, 0.1) is 6.04 Å². The molecule has 136 valence electrons. The lowest BCUT2D eigenvalue weighted by Crippen LogP contribution is -2.50. The number of nitrogens with one attached hydrogen (secondary N) is 2. The van der Waals surface area contributed by atoms with E-state index in [1.54, 1.807) is 0 Å². The predicted molar refractivity (Wildman–Crippen MR) is 99.7 cm³/mol. The first kappa shape index (κ1) is 18.2. The topological polar surface area (TPSA) is 61.4 Å². The zero-order valence-electron chi connectivity index (χ0n) is 14.8. The molecule has 1 heterocycles. The van der Waals surface area contributed by atoms with Crippen LogP contribution in [0.2, 0.25) is 5.02 Å². The third-order valence-corrected chi connectivity index (χ3v) is 5.69. The van der Waals surface area contributed by atoms with E-state index in [1.807, 2.05) is 32.0 Å². The van der Waals surface area contributed by atoms with Gasteiger partial charge in [-0.3, -0.25) is 14.5 Å². The molecule has 25 heavy (non-hydrogen) atoms. The normalized spacial score (nSPS) is 20.1. The SMILES string of the molecule is Cc1c(Cl)cccc1NC(=O)C(C)N1CCC(NC(=O)C2CC2)CC1. The molecule has 1 aromatic carbocycles. The molecule has 1 atom stereocenters. The van der Waals surface area contributed by atoms with E-state index in [1.165, 1.54) is 0 Å². The lowest BCUT2D eigenvalue weighted by Gasteiger charge is -2.35. The molecule has 3 rings (SSSR count). The van der Waals surface area contributed by atoms with Crippen molar-refractivity contribution in [3.63, 3.8) is 0 Å². The average molecular weight is 364 g/mol. The molecular formula is C19H26ClN3O2. The van der Waals surface area contributed by atoms with Gasteiger partial charge in [-0.15, -0.1) is 0 Å². The van der Waals surface area contributed by atoms with Gasteiger partial charge in [0.2, 0.25) is 11.8 Å². The van der Waals surface area contributed by atoms with Crippen molar-refractivity contribution in [3.8, 4) is 0 Å². The number of nitrogens with zero attached hydrogens (tertiary/aromatic N) is 1. The minimum atomic E-state index is -0.210. The second-order valence-electron chi connectivity index (χ2n) is 7.17. The van der Waals surface area contributed by atoms with Crippen LogP contribution < -0.4 is 10.6 Å². The minimum absolute atomic E-state index is 0.0224. The Kier molecular flexibility index (Phi) is 5.64. The molecule has 1 saturated carbocycles. The monoisotopic (exact) mass is 363 g/mol. The molecular weight excluding hydrogens is 338 g/mol. The lowest BCUT2D eigenvalue weighted by molar-refractivity contribution is -0.124. The Bertz CT molecular complexity index is 652. The van der Waals surface area contributed by atoms with Crippen molar-refractivity contribution in [2.75, 3.05) is 18.4 Å². The number of carbonyl (C=O) groups excluding carboxylic acids is 2. The van der Waals surface area contributed by atoms with E-state index >= 15 is 0 Å². The number of hydrogen-bond acceptors (Lipinski definition) is 3. The fourth-order valence-electron chi connectivity index (χ4n) is 3.24. The highest BCUT2D eigenvalue weighted by atomic mass is 35.5. The smallest absolute Gasteiger partial charge is 0.241 e.